The Hall–Kier alpha value is -1.09. The van der Waals surface area contributed by atoms with E-state index in [0.29, 0.717) is 6.04 Å². The third-order valence-electron chi connectivity index (χ3n) is 3.54. The van der Waals surface area contributed by atoms with Gasteiger partial charge in [-0.05, 0) is 39.5 Å². The summed E-state index contributed by atoms with van der Waals surface area (Å²) in [6, 6.07) is 0.524. The maximum atomic E-state index is 5.43. The topological polar surface area (TPSA) is 34.1 Å². The Balaban J connectivity index is 2.58. The minimum atomic E-state index is 0.524. The molecule has 0 saturated carbocycles. The largest absolute Gasteiger partial charge is 0.496 e. The van der Waals surface area contributed by atoms with Gasteiger partial charge in [0.15, 0.2) is 0 Å². The number of nitrogens with zero attached hydrogens (tertiary/aromatic N) is 1. The fraction of sp³-hybridized carbons (Fsp3) is 0.688. The lowest BCUT2D eigenvalue weighted by molar-refractivity contribution is 0.405. The number of hydrogen-bond acceptors (Lipinski definition) is 3. The van der Waals surface area contributed by atoms with Gasteiger partial charge in [-0.15, -0.1) is 0 Å². The number of ether oxygens (including phenoxy) is 1. The van der Waals surface area contributed by atoms with Crippen LogP contribution < -0.4 is 10.1 Å². The van der Waals surface area contributed by atoms with E-state index in [-0.39, 0.29) is 0 Å². The van der Waals surface area contributed by atoms with Gasteiger partial charge in [0.05, 0.1) is 12.8 Å². The molecular formula is C16H28N2O. The van der Waals surface area contributed by atoms with Crippen LogP contribution in [0.4, 0.5) is 0 Å². The molecule has 1 heterocycles. The molecule has 1 atom stereocenters. The summed E-state index contributed by atoms with van der Waals surface area (Å²) >= 11 is 0. The predicted molar refractivity (Wildman–Crippen MR) is 80.6 cm³/mol. The van der Waals surface area contributed by atoms with E-state index < -0.39 is 0 Å². The van der Waals surface area contributed by atoms with E-state index in [1.165, 1.54) is 12.8 Å². The van der Waals surface area contributed by atoms with Gasteiger partial charge in [-0.2, -0.15) is 0 Å². The minimum absolute atomic E-state index is 0.524. The highest BCUT2D eigenvalue weighted by Crippen LogP contribution is 2.23. The molecule has 0 amide bonds. The first-order valence-electron chi connectivity index (χ1n) is 7.18. The van der Waals surface area contributed by atoms with Crippen molar-refractivity contribution in [2.45, 2.75) is 60.0 Å². The molecule has 0 fully saturated rings. The first kappa shape index (κ1) is 16.0. The van der Waals surface area contributed by atoms with Crippen LogP contribution >= 0.6 is 0 Å². The Morgan fingerprint density at radius 2 is 1.89 bits per heavy atom. The first-order valence-corrected chi connectivity index (χ1v) is 7.18. The summed E-state index contributed by atoms with van der Waals surface area (Å²) in [5.41, 5.74) is 3.32. The van der Waals surface area contributed by atoms with Gasteiger partial charge in [-0.25, -0.2) is 0 Å². The molecule has 0 aliphatic carbocycles. The normalized spacial score (nSPS) is 12.8. The number of methoxy groups -OCH3 is 1. The standard InChI is InChI=1S/C16H28N2O/c1-11(2)7-8-13(4)17-10-15-14(5)16(19-6)12(3)9-18-15/h9,11,13,17H,7-8,10H2,1-6H3. The van der Waals surface area contributed by atoms with Gasteiger partial charge in [-0.1, -0.05) is 13.8 Å². The van der Waals surface area contributed by atoms with E-state index in [9.17, 15) is 0 Å². The number of aryl methyl sites for hydroxylation is 1. The molecule has 1 rings (SSSR count). The zero-order valence-corrected chi connectivity index (χ0v) is 13.2. The summed E-state index contributed by atoms with van der Waals surface area (Å²) in [6.45, 7) is 11.7. The van der Waals surface area contributed by atoms with Crippen molar-refractivity contribution in [2.24, 2.45) is 5.92 Å². The van der Waals surface area contributed by atoms with Crippen molar-refractivity contribution >= 4 is 0 Å². The maximum absolute atomic E-state index is 5.43. The van der Waals surface area contributed by atoms with Crippen LogP contribution in [0.1, 0.15) is 50.4 Å². The van der Waals surface area contributed by atoms with Crippen LogP contribution in [-0.4, -0.2) is 18.1 Å². The fourth-order valence-electron chi connectivity index (χ4n) is 2.21. The van der Waals surface area contributed by atoms with Crippen molar-refractivity contribution in [3.05, 3.63) is 23.0 Å². The van der Waals surface area contributed by atoms with Gasteiger partial charge in [0.2, 0.25) is 0 Å². The first-order chi connectivity index (χ1) is 8.95. The van der Waals surface area contributed by atoms with Gasteiger partial charge >= 0.3 is 0 Å². The van der Waals surface area contributed by atoms with Gasteiger partial charge in [0.25, 0.3) is 0 Å². The molecule has 3 nitrogen and oxygen atoms in total. The lowest BCUT2D eigenvalue weighted by Crippen LogP contribution is -2.26. The predicted octanol–water partition coefficient (Wildman–Crippen LogP) is 3.62. The van der Waals surface area contributed by atoms with E-state index >= 15 is 0 Å². The van der Waals surface area contributed by atoms with Crippen molar-refractivity contribution in [1.29, 1.82) is 0 Å². The molecule has 19 heavy (non-hydrogen) atoms. The molecule has 0 aromatic carbocycles. The molecule has 108 valence electrons. The molecule has 0 spiro atoms. The third-order valence-corrected chi connectivity index (χ3v) is 3.54. The second-order valence-corrected chi connectivity index (χ2v) is 5.80. The molecule has 0 bridgehead atoms. The van der Waals surface area contributed by atoms with E-state index in [4.69, 9.17) is 4.74 Å². The number of nitrogens with one attached hydrogen (secondary N) is 1. The van der Waals surface area contributed by atoms with E-state index in [2.05, 4.69) is 38.0 Å². The van der Waals surface area contributed by atoms with Crippen LogP contribution in [0.15, 0.2) is 6.20 Å². The van der Waals surface area contributed by atoms with E-state index in [1.54, 1.807) is 7.11 Å². The SMILES string of the molecule is COc1c(C)cnc(CNC(C)CCC(C)C)c1C. The molecule has 1 aromatic rings. The Morgan fingerprint density at radius 1 is 1.21 bits per heavy atom. The quantitative estimate of drug-likeness (QED) is 0.816. The van der Waals surface area contributed by atoms with Crippen LogP contribution in [0, 0.1) is 19.8 Å². The Morgan fingerprint density at radius 3 is 2.47 bits per heavy atom. The summed E-state index contributed by atoms with van der Waals surface area (Å²) < 4.78 is 5.43. The molecule has 0 aliphatic heterocycles. The van der Waals surface area contributed by atoms with Gasteiger partial charge in [0, 0.05) is 29.9 Å². The molecule has 0 aliphatic rings. The van der Waals surface area contributed by atoms with Crippen LogP contribution in [0.25, 0.3) is 0 Å². The van der Waals surface area contributed by atoms with Crippen LogP contribution in [0.5, 0.6) is 5.75 Å². The van der Waals surface area contributed by atoms with E-state index in [1.807, 2.05) is 13.1 Å². The third kappa shape index (κ3) is 4.83. The average Bonchev–Trinajstić information content (AvgIpc) is 2.36. The summed E-state index contributed by atoms with van der Waals surface area (Å²) in [6.07, 6.45) is 4.36. The summed E-state index contributed by atoms with van der Waals surface area (Å²) in [5, 5.41) is 3.55. The average molecular weight is 264 g/mol. The molecule has 1 aromatic heterocycles. The zero-order chi connectivity index (χ0) is 14.4. The second kappa shape index (κ2) is 7.49. The number of rotatable bonds is 7. The number of aromatic nitrogens is 1. The lowest BCUT2D eigenvalue weighted by atomic mass is 10.0. The smallest absolute Gasteiger partial charge is 0.128 e. The summed E-state index contributed by atoms with van der Waals surface area (Å²) in [7, 11) is 1.72. The van der Waals surface area contributed by atoms with Crippen molar-refractivity contribution in [2.75, 3.05) is 7.11 Å². The summed E-state index contributed by atoms with van der Waals surface area (Å²) in [5.74, 6) is 1.73. The molecule has 0 saturated heterocycles. The number of pyridine rings is 1. The molecule has 1 unspecified atom stereocenters. The second-order valence-electron chi connectivity index (χ2n) is 5.80. The maximum Gasteiger partial charge on any atom is 0.128 e. The Labute approximate surface area is 117 Å². The Bertz CT molecular complexity index is 402. The van der Waals surface area contributed by atoms with Gasteiger partial charge in [0.1, 0.15) is 5.75 Å². The van der Waals surface area contributed by atoms with Crippen LogP contribution in [0.2, 0.25) is 0 Å². The van der Waals surface area contributed by atoms with Crippen molar-refractivity contribution < 1.29 is 4.74 Å². The summed E-state index contributed by atoms with van der Waals surface area (Å²) in [4.78, 5) is 4.51. The van der Waals surface area contributed by atoms with Crippen LogP contribution in [0.3, 0.4) is 0 Å². The fourth-order valence-corrected chi connectivity index (χ4v) is 2.21. The highest BCUT2D eigenvalue weighted by Gasteiger charge is 2.10. The molecule has 1 N–H and O–H groups in total. The van der Waals surface area contributed by atoms with Crippen LogP contribution in [-0.2, 0) is 6.54 Å². The highest BCUT2D eigenvalue weighted by molar-refractivity contribution is 5.40. The minimum Gasteiger partial charge on any atom is -0.496 e. The highest BCUT2D eigenvalue weighted by atomic mass is 16.5. The lowest BCUT2D eigenvalue weighted by Gasteiger charge is -2.17. The molecule has 3 heteroatoms. The van der Waals surface area contributed by atoms with E-state index in [0.717, 1.165) is 35.0 Å². The van der Waals surface area contributed by atoms with Gasteiger partial charge < -0.3 is 10.1 Å². The van der Waals surface area contributed by atoms with Gasteiger partial charge in [-0.3, -0.25) is 4.98 Å². The molecule has 0 radical (unpaired) electrons. The number of hydrogen-bond donors (Lipinski definition) is 1. The van der Waals surface area contributed by atoms with Crippen molar-refractivity contribution in [1.82, 2.24) is 10.3 Å². The Kier molecular flexibility index (Phi) is 6.29. The molecular weight excluding hydrogens is 236 g/mol. The van der Waals surface area contributed by atoms with Crippen molar-refractivity contribution in [3.8, 4) is 5.75 Å². The zero-order valence-electron chi connectivity index (χ0n) is 13.2. The monoisotopic (exact) mass is 264 g/mol. The van der Waals surface area contributed by atoms with Crippen molar-refractivity contribution in [3.63, 3.8) is 0 Å².